The predicted molar refractivity (Wildman–Crippen MR) is 112 cm³/mol. The van der Waals surface area contributed by atoms with Gasteiger partial charge in [0.05, 0.1) is 15.5 Å². The van der Waals surface area contributed by atoms with Gasteiger partial charge in [0.1, 0.15) is 0 Å². The van der Waals surface area contributed by atoms with E-state index in [1.54, 1.807) is 0 Å². The lowest BCUT2D eigenvalue weighted by Crippen LogP contribution is -2.37. The van der Waals surface area contributed by atoms with Gasteiger partial charge in [-0.15, -0.1) is 0 Å². The lowest BCUT2D eigenvalue weighted by atomic mass is 10.0. The number of halogens is 1. The van der Waals surface area contributed by atoms with Gasteiger partial charge in [0.25, 0.3) is 5.91 Å². The normalized spacial score (nSPS) is 16.1. The zero-order chi connectivity index (χ0) is 20.3. The first-order chi connectivity index (χ1) is 13.3. The molecule has 150 valence electrons. The SMILES string of the molecule is CCc1ccc(NC(=O)c2cc(S(=O)(=O)N3CCC(C)CC3)ccc2Cl)cc1. The third kappa shape index (κ3) is 4.57. The van der Waals surface area contributed by atoms with Gasteiger partial charge in [-0.1, -0.05) is 37.6 Å². The van der Waals surface area contributed by atoms with Crippen molar-refractivity contribution in [3.63, 3.8) is 0 Å². The van der Waals surface area contributed by atoms with Gasteiger partial charge in [-0.05, 0) is 61.1 Å². The molecule has 1 heterocycles. The predicted octanol–water partition coefficient (Wildman–Crippen LogP) is 4.58. The first kappa shape index (κ1) is 20.8. The van der Waals surface area contributed by atoms with Gasteiger partial charge in [-0.25, -0.2) is 8.42 Å². The lowest BCUT2D eigenvalue weighted by molar-refractivity contribution is 0.102. The van der Waals surface area contributed by atoms with E-state index in [1.807, 2.05) is 24.3 Å². The van der Waals surface area contributed by atoms with Gasteiger partial charge in [-0.2, -0.15) is 4.31 Å². The van der Waals surface area contributed by atoms with Crippen molar-refractivity contribution in [3.8, 4) is 0 Å². The fraction of sp³-hybridized carbons (Fsp3) is 0.381. The van der Waals surface area contributed by atoms with Crippen LogP contribution in [0.1, 0.15) is 42.6 Å². The molecule has 0 unspecified atom stereocenters. The zero-order valence-corrected chi connectivity index (χ0v) is 17.7. The molecule has 0 radical (unpaired) electrons. The summed E-state index contributed by atoms with van der Waals surface area (Å²) in [6, 6.07) is 11.8. The summed E-state index contributed by atoms with van der Waals surface area (Å²) in [5, 5.41) is 3.00. The molecule has 2 aromatic carbocycles. The Hall–Kier alpha value is -1.89. The second-order valence-corrected chi connectivity index (χ2v) is 9.58. The van der Waals surface area contributed by atoms with Crippen molar-refractivity contribution in [1.82, 2.24) is 4.31 Å². The van der Waals surface area contributed by atoms with Crippen molar-refractivity contribution < 1.29 is 13.2 Å². The third-order valence-corrected chi connectivity index (χ3v) is 7.41. The second kappa shape index (κ2) is 8.64. The molecule has 7 heteroatoms. The highest BCUT2D eigenvalue weighted by atomic mass is 35.5. The van der Waals surface area contributed by atoms with E-state index in [0.29, 0.717) is 24.7 Å². The number of carbonyl (C=O) groups excluding carboxylic acids is 1. The Bertz CT molecular complexity index is 950. The van der Waals surface area contributed by atoms with Crippen molar-refractivity contribution in [2.24, 2.45) is 5.92 Å². The molecule has 28 heavy (non-hydrogen) atoms. The van der Waals surface area contributed by atoms with E-state index in [-0.39, 0.29) is 15.5 Å². The first-order valence-corrected chi connectivity index (χ1v) is 11.3. The molecule has 0 atom stereocenters. The van der Waals surface area contributed by atoms with E-state index < -0.39 is 15.9 Å². The van der Waals surface area contributed by atoms with Crippen LogP contribution in [0.4, 0.5) is 5.69 Å². The molecular weight excluding hydrogens is 396 g/mol. The van der Waals surface area contributed by atoms with E-state index >= 15 is 0 Å². The third-order valence-electron chi connectivity index (χ3n) is 5.18. The highest BCUT2D eigenvalue weighted by molar-refractivity contribution is 7.89. The summed E-state index contributed by atoms with van der Waals surface area (Å²) in [7, 11) is -3.65. The summed E-state index contributed by atoms with van der Waals surface area (Å²) in [5.41, 5.74) is 1.95. The van der Waals surface area contributed by atoms with E-state index in [1.165, 1.54) is 28.1 Å². The van der Waals surface area contributed by atoms with Crippen molar-refractivity contribution in [2.75, 3.05) is 18.4 Å². The molecule has 1 amide bonds. The lowest BCUT2D eigenvalue weighted by Gasteiger charge is -2.29. The van der Waals surface area contributed by atoms with Gasteiger partial charge in [0, 0.05) is 18.8 Å². The van der Waals surface area contributed by atoms with Gasteiger partial charge < -0.3 is 5.32 Å². The number of anilines is 1. The van der Waals surface area contributed by atoms with E-state index in [0.717, 1.165) is 19.3 Å². The maximum Gasteiger partial charge on any atom is 0.257 e. The molecule has 1 aliphatic heterocycles. The number of rotatable bonds is 5. The summed E-state index contributed by atoms with van der Waals surface area (Å²) >= 11 is 6.19. The summed E-state index contributed by atoms with van der Waals surface area (Å²) in [6.07, 6.45) is 2.59. The van der Waals surface area contributed by atoms with Gasteiger partial charge in [0.15, 0.2) is 0 Å². The van der Waals surface area contributed by atoms with Crippen molar-refractivity contribution >= 4 is 33.2 Å². The van der Waals surface area contributed by atoms with Crippen LogP contribution < -0.4 is 5.32 Å². The van der Waals surface area contributed by atoms with Crippen LogP contribution in [0, 0.1) is 5.92 Å². The minimum Gasteiger partial charge on any atom is -0.322 e. The molecule has 0 spiro atoms. The highest BCUT2D eigenvalue weighted by Gasteiger charge is 2.29. The molecule has 0 bridgehead atoms. The van der Waals surface area contributed by atoms with Crippen LogP contribution in [0.3, 0.4) is 0 Å². The molecule has 1 N–H and O–H groups in total. The molecule has 0 saturated carbocycles. The number of carbonyl (C=O) groups is 1. The monoisotopic (exact) mass is 420 g/mol. The number of hydrogen-bond acceptors (Lipinski definition) is 3. The van der Waals surface area contributed by atoms with Crippen molar-refractivity contribution in [1.29, 1.82) is 0 Å². The Balaban J connectivity index is 1.83. The molecule has 5 nitrogen and oxygen atoms in total. The summed E-state index contributed by atoms with van der Waals surface area (Å²) in [4.78, 5) is 12.8. The summed E-state index contributed by atoms with van der Waals surface area (Å²) in [6.45, 7) is 5.18. The van der Waals surface area contributed by atoms with Crippen LogP contribution in [-0.4, -0.2) is 31.7 Å². The van der Waals surface area contributed by atoms with Gasteiger partial charge in [0.2, 0.25) is 10.0 Å². The number of hydrogen-bond donors (Lipinski definition) is 1. The number of nitrogens with one attached hydrogen (secondary N) is 1. The maximum absolute atomic E-state index is 13.0. The van der Waals surface area contributed by atoms with Gasteiger partial charge >= 0.3 is 0 Å². The van der Waals surface area contributed by atoms with Crippen LogP contribution in [-0.2, 0) is 16.4 Å². The van der Waals surface area contributed by atoms with Crippen molar-refractivity contribution in [3.05, 3.63) is 58.6 Å². The Morgan fingerprint density at radius 3 is 2.39 bits per heavy atom. The Morgan fingerprint density at radius 1 is 1.14 bits per heavy atom. The van der Waals surface area contributed by atoms with Crippen LogP contribution in [0.2, 0.25) is 5.02 Å². The zero-order valence-electron chi connectivity index (χ0n) is 16.1. The van der Waals surface area contributed by atoms with Crippen LogP contribution in [0.15, 0.2) is 47.4 Å². The quantitative estimate of drug-likeness (QED) is 0.770. The topological polar surface area (TPSA) is 66.5 Å². The minimum absolute atomic E-state index is 0.0953. The molecule has 1 saturated heterocycles. The molecule has 2 aromatic rings. The number of nitrogens with zero attached hydrogens (tertiary/aromatic N) is 1. The number of sulfonamides is 1. The Kier molecular flexibility index (Phi) is 6.43. The number of benzene rings is 2. The van der Waals surface area contributed by atoms with E-state index in [2.05, 4.69) is 19.2 Å². The van der Waals surface area contributed by atoms with Gasteiger partial charge in [-0.3, -0.25) is 4.79 Å². The largest absolute Gasteiger partial charge is 0.322 e. The van der Waals surface area contributed by atoms with Crippen LogP contribution in [0.5, 0.6) is 0 Å². The van der Waals surface area contributed by atoms with E-state index in [4.69, 9.17) is 11.6 Å². The number of amides is 1. The Labute approximate surface area is 171 Å². The fourth-order valence-corrected chi connectivity index (χ4v) is 4.94. The van der Waals surface area contributed by atoms with Crippen LogP contribution >= 0.6 is 11.6 Å². The smallest absolute Gasteiger partial charge is 0.257 e. The summed E-state index contributed by atoms with van der Waals surface area (Å²) in [5.74, 6) is 0.0932. The first-order valence-electron chi connectivity index (χ1n) is 9.51. The number of aryl methyl sites for hydroxylation is 1. The minimum atomic E-state index is -3.65. The molecule has 0 aliphatic carbocycles. The molecule has 0 aromatic heterocycles. The Morgan fingerprint density at radius 2 is 1.79 bits per heavy atom. The second-order valence-electron chi connectivity index (χ2n) is 7.23. The number of piperidine rings is 1. The summed E-state index contributed by atoms with van der Waals surface area (Å²) < 4.78 is 27.4. The maximum atomic E-state index is 13.0. The molecular formula is C21H25ClN2O3S. The van der Waals surface area contributed by atoms with Crippen molar-refractivity contribution in [2.45, 2.75) is 38.0 Å². The molecule has 3 rings (SSSR count). The van der Waals surface area contributed by atoms with E-state index in [9.17, 15) is 13.2 Å². The average molecular weight is 421 g/mol. The molecule has 1 aliphatic rings. The van der Waals surface area contributed by atoms with Crippen LogP contribution in [0.25, 0.3) is 0 Å². The molecule has 1 fully saturated rings. The fourth-order valence-electron chi connectivity index (χ4n) is 3.24. The highest BCUT2D eigenvalue weighted by Crippen LogP contribution is 2.27. The average Bonchev–Trinajstić information content (AvgIpc) is 2.69. The standard InChI is InChI=1S/C21H25ClN2O3S/c1-3-16-4-6-17(7-5-16)23-21(25)19-14-18(8-9-20(19)22)28(26,27)24-12-10-15(2)11-13-24/h4-9,14-15H,3,10-13H2,1-2H3,(H,23,25).